The molecule has 0 N–H and O–H groups in total. The van der Waals surface area contributed by atoms with Crippen molar-refractivity contribution in [1.82, 2.24) is 9.97 Å². The van der Waals surface area contributed by atoms with Crippen LogP contribution < -0.4 is 9.64 Å². The predicted molar refractivity (Wildman–Crippen MR) is 72.1 cm³/mol. The number of anilines is 1. The molecule has 0 aliphatic heterocycles. The van der Waals surface area contributed by atoms with E-state index < -0.39 is 0 Å². The zero-order valence-electron chi connectivity index (χ0n) is 10.3. The van der Waals surface area contributed by atoms with Crippen molar-refractivity contribution in [2.75, 3.05) is 19.1 Å². The van der Waals surface area contributed by atoms with Gasteiger partial charge in [-0.1, -0.05) is 11.6 Å². The minimum atomic E-state index is 0.408. The molecule has 0 radical (unpaired) electrons. The fourth-order valence-electron chi connectivity index (χ4n) is 1.59. The topological polar surface area (TPSA) is 38.2 Å². The number of methoxy groups -OCH3 is 1. The molecule has 2 aromatic rings. The Balaban J connectivity index is 2.06. The third kappa shape index (κ3) is 3.11. The quantitative estimate of drug-likeness (QED) is 0.850. The van der Waals surface area contributed by atoms with E-state index in [4.69, 9.17) is 16.3 Å². The summed E-state index contributed by atoms with van der Waals surface area (Å²) in [5, 5.41) is 0.408. The van der Waals surface area contributed by atoms with Gasteiger partial charge in [-0.2, -0.15) is 0 Å². The third-order valence-electron chi connectivity index (χ3n) is 2.59. The van der Waals surface area contributed by atoms with Gasteiger partial charge in [0, 0.05) is 12.7 Å². The van der Waals surface area contributed by atoms with Crippen LogP contribution in [0.1, 0.15) is 5.69 Å². The molecule has 0 spiro atoms. The minimum Gasteiger partial charge on any atom is -0.497 e. The first kappa shape index (κ1) is 12.6. The lowest BCUT2D eigenvalue weighted by molar-refractivity contribution is 0.415. The number of nitrogens with zero attached hydrogens (tertiary/aromatic N) is 3. The van der Waals surface area contributed by atoms with Gasteiger partial charge in [-0.3, -0.25) is 4.98 Å². The number of halogens is 1. The van der Waals surface area contributed by atoms with E-state index in [1.54, 1.807) is 19.5 Å². The highest BCUT2D eigenvalue weighted by molar-refractivity contribution is 6.29. The van der Waals surface area contributed by atoms with E-state index >= 15 is 0 Å². The van der Waals surface area contributed by atoms with Gasteiger partial charge in [-0.15, -0.1) is 0 Å². The van der Waals surface area contributed by atoms with Gasteiger partial charge in [-0.05, 0) is 24.3 Å². The summed E-state index contributed by atoms with van der Waals surface area (Å²) in [6.07, 6.45) is 3.24. The molecule has 1 aromatic carbocycles. The monoisotopic (exact) mass is 263 g/mol. The molecule has 4 nitrogen and oxygen atoms in total. The Kier molecular flexibility index (Phi) is 3.99. The molecule has 1 aromatic heterocycles. The number of ether oxygens (including phenoxy) is 1. The number of benzene rings is 1. The molecule has 0 atom stereocenters. The molecule has 18 heavy (non-hydrogen) atoms. The largest absolute Gasteiger partial charge is 0.497 e. The van der Waals surface area contributed by atoms with Crippen LogP contribution in [0.15, 0.2) is 36.7 Å². The molecule has 0 fully saturated rings. The molecule has 0 amide bonds. The first-order chi connectivity index (χ1) is 8.69. The van der Waals surface area contributed by atoms with Gasteiger partial charge >= 0.3 is 0 Å². The molecule has 2 rings (SSSR count). The molecule has 1 heterocycles. The van der Waals surface area contributed by atoms with Crippen LogP contribution in [0.4, 0.5) is 5.69 Å². The Morgan fingerprint density at radius 1 is 1.17 bits per heavy atom. The van der Waals surface area contributed by atoms with E-state index in [1.165, 1.54) is 0 Å². The summed E-state index contributed by atoms with van der Waals surface area (Å²) in [5.74, 6) is 0.846. The van der Waals surface area contributed by atoms with Crippen molar-refractivity contribution in [3.05, 3.63) is 47.5 Å². The summed E-state index contributed by atoms with van der Waals surface area (Å²) in [5.41, 5.74) is 1.96. The summed E-state index contributed by atoms with van der Waals surface area (Å²) in [7, 11) is 3.65. The van der Waals surface area contributed by atoms with Crippen molar-refractivity contribution >= 4 is 17.3 Å². The Morgan fingerprint density at radius 2 is 1.89 bits per heavy atom. The summed E-state index contributed by atoms with van der Waals surface area (Å²) < 4.78 is 5.12. The summed E-state index contributed by atoms with van der Waals surface area (Å²) >= 11 is 5.70. The van der Waals surface area contributed by atoms with Crippen LogP contribution >= 0.6 is 11.6 Å². The fraction of sp³-hybridized carbons (Fsp3) is 0.231. The first-order valence-corrected chi connectivity index (χ1v) is 5.88. The van der Waals surface area contributed by atoms with Crippen LogP contribution in [-0.4, -0.2) is 24.1 Å². The molecule has 0 aliphatic rings. The smallest absolute Gasteiger partial charge is 0.147 e. The van der Waals surface area contributed by atoms with Gasteiger partial charge in [-0.25, -0.2) is 4.98 Å². The van der Waals surface area contributed by atoms with E-state index in [-0.39, 0.29) is 0 Å². The van der Waals surface area contributed by atoms with Crippen LogP contribution in [0.5, 0.6) is 5.75 Å². The van der Waals surface area contributed by atoms with E-state index in [0.29, 0.717) is 11.7 Å². The lowest BCUT2D eigenvalue weighted by Crippen LogP contribution is -2.17. The van der Waals surface area contributed by atoms with E-state index in [9.17, 15) is 0 Å². The van der Waals surface area contributed by atoms with Crippen LogP contribution in [0.2, 0.25) is 5.15 Å². The summed E-state index contributed by atoms with van der Waals surface area (Å²) in [6.45, 7) is 0.677. The van der Waals surface area contributed by atoms with E-state index in [1.807, 2.05) is 31.3 Å². The Bertz CT molecular complexity index is 499. The lowest BCUT2D eigenvalue weighted by Gasteiger charge is -2.18. The van der Waals surface area contributed by atoms with Crippen molar-refractivity contribution in [2.24, 2.45) is 0 Å². The second kappa shape index (κ2) is 5.69. The fourth-order valence-corrected chi connectivity index (χ4v) is 1.69. The Hall–Kier alpha value is -1.81. The van der Waals surface area contributed by atoms with Gasteiger partial charge in [0.2, 0.25) is 0 Å². The number of aromatic nitrogens is 2. The highest BCUT2D eigenvalue weighted by Gasteiger charge is 2.04. The number of hydrogen-bond acceptors (Lipinski definition) is 4. The van der Waals surface area contributed by atoms with E-state index in [2.05, 4.69) is 14.9 Å². The van der Waals surface area contributed by atoms with Crippen molar-refractivity contribution < 1.29 is 4.74 Å². The highest BCUT2D eigenvalue weighted by atomic mass is 35.5. The summed E-state index contributed by atoms with van der Waals surface area (Å²) in [4.78, 5) is 10.3. The molecule has 0 unspecified atom stereocenters. The van der Waals surface area contributed by atoms with Gasteiger partial charge in [0.05, 0.1) is 31.7 Å². The second-order valence-corrected chi connectivity index (χ2v) is 4.27. The Morgan fingerprint density at radius 3 is 2.44 bits per heavy atom. The van der Waals surface area contributed by atoms with Crippen molar-refractivity contribution in [3.8, 4) is 5.75 Å². The standard InChI is InChI=1S/C13H14ClN3O/c1-17(9-10-7-16-13(14)8-15-10)11-3-5-12(18-2)6-4-11/h3-8H,9H2,1-2H3. The Labute approximate surface area is 111 Å². The molecular weight excluding hydrogens is 250 g/mol. The van der Waals surface area contributed by atoms with Gasteiger partial charge in [0.15, 0.2) is 0 Å². The molecule has 0 saturated carbocycles. The van der Waals surface area contributed by atoms with Gasteiger partial charge in [0.1, 0.15) is 10.9 Å². The maximum Gasteiger partial charge on any atom is 0.147 e. The molecule has 94 valence electrons. The predicted octanol–water partition coefficient (Wildman–Crippen LogP) is 2.78. The van der Waals surface area contributed by atoms with Crippen molar-refractivity contribution in [3.63, 3.8) is 0 Å². The molecule has 0 saturated heterocycles. The maximum atomic E-state index is 5.70. The van der Waals surface area contributed by atoms with Crippen molar-refractivity contribution in [2.45, 2.75) is 6.54 Å². The van der Waals surface area contributed by atoms with Crippen molar-refractivity contribution in [1.29, 1.82) is 0 Å². The van der Waals surface area contributed by atoms with E-state index in [0.717, 1.165) is 17.1 Å². The zero-order chi connectivity index (χ0) is 13.0. The molecule has 5 heteroatoms. The number of rotatable bonds is 4. The third-order valence-corrected chi connectivity index (χ3v) is 2.78. The number of hydrogen-bond donors (Lipinski definition) is 0. The van der Waals surface area contributed by atoms with Crippen LogP contribution in [0.3, 0.4) is 0 Å². The van der Waals surface area contributed by atoms with Crippen LogP contribution in [0, 0.1) is 0 Å². The van der Waals surface area contributed by atoms with Gasteiger partial charge in [0.25, 0.3) is 0 Å². The molecule has 0 aliphatic carbocycles. The lowest BCUT2D eigenvalue weighted by atomic mass is 10.2. The SMILES string of the molecule is COc1ccc(N(C)Cc2cnc(Cl)cn2)cc1. The minimum absolute atomic E-state index is 0.408. The average Bonchev–Trinajstić information content (AvgIpc) is 2.41. The van der Waals surface area contributed by atoms with Gasteiger partial charge < -0.3 is 9.64 Å². The zero-order valence-corrected chi connectivity index (χ0v) is 11.1. The normalized spacial score (nSPS) is 10.2. The maximum absolute atomic E-state index is 5.70. The average molecular weight is 264 g/mol. The molecule has 0 bridgehead atoms. The van der Waals surface area contributed by atoms with Crippen LogP contribution in [-0.2, 0) is 6.54 Å². The first-order valence-electron chi connectivity index (χ1n) is 5.50. The second-order valence-electron chi connectivity index (χ2n) is 3.88. The highest BCUT2D eigenvalue weighted by Crippen LogP contribution is 2.19. The van der Waals surface area contributed by atoms with Crippen LogP contribution in [0.25, 0.3) is 0 Å². The summed E-state index contributed by atoms with van der Waals surface area (Å²) in [6, 6.07) is 7.86. The molecular formula is C13H14ClN3O.